The maximum Gasteiger partial charge on any atom is 0.0543 e. The Hall–Kier alpha value is -0.280. The summed E-state index contributed by atoms with van der Waals surface area (Å²) in [4.78, 5) is 0. The van der Waals surface area contributed by atoms with E-state index in [9.17, 15) is 5.11 Å². The first-order valence-corrected chi connectivity index (χ1v) is 6.74. The second-order valence-corrected chi connectivity index (χ2v) is 5.48. The van der Waals surface area contributed by atoms with E-state index in [0.717, 1.165) is 31.4 Å². The third-order valence-corrected chi connectivity index (χ3v) is 4.02. The summed E-state index contributed by atoms with van der Waals surface area (Å²) in [5.74, 6) is 0.575. The molecule has 0 bridgehead atoms. The van der Waals surface area contributed by atoms with Gasteiger partial charge >= 0.3 is 0 Å². The number of aliphatic hydroxyl groups is 1. The molecule has 2 atom stereocenters. The molecular formula is C13H17Cl2NO. The SMILES string of the molecule is OC1CCC(CNCc2c(Cl)cccc2Cl)C1. The summed E-state index contributed by atoms with van der Waals surface area (Å²) >= 11 is 12.2. The van der Waals surface area contributed by atoms with Crippen molar-refractivity contribution in [2.24, 2.45) is 5.92 Å². The molecule has 1 fully saturated rings. The standard InChI is InChI=1S/C13H17Cl2NO/c14-12-2-1-3-13(15)11(12)8-16-7-9-4-5-10(17)6-9/h1-3,9-10,16-17H,4-8H2. The Kier molecular flexibility index (Phi) is 4.69. The lowest BCUT2D eigenvalue weighted by molar-refractivity contribution is 0.177. The summed E-state index contributed by atoms with van der Waals surface area (Å²) in [7, 11) is 0. The molecule has 1 aliphatic carbocycles. The molecule has 0 aliphatic heterocycles. The molecule has 0 spiro atoms. The fourth-order valence-corrected chi connectivity index (χ4v) is 2.87. The van der Waals surface area contributed by atoms with Crippen LogP contribution in [0.15, 0.2) is 18.2 Å². The molecule has 1 aromatic rings. The van der Waals surface area contributed by atoms with Crippen molar-refractivity contribution in [3.05, 3.63) is 33.8 Å². The predicted molar refractivity (Wildman–Crippen MR) is 71.5 cm³/mol. The van der Waals surface area contributed by atoms with E-state index in [1.54, 1.807) is 0 Å². The highest BCUT2D eigenvalue weighted by atomic mass is 35.5. The smallest absolute Gasteiger partial charge is 0.0543 e. The number of benzene rings is 1. The molecular weight excluding hydrogens is 257 g/mol. The molecule has 2 unspecified atom stereocenters. The van der Waals surface area contributed by atoms with Gasteiger partial charge in [0, 0.05) is 22.2 Å². The van der Waals surface area contributed by atoms with Gasteiger partial charge < -0.3 is 10.4 Å². The van der Waals surface area contributed by atoms with Crippen molar-refractivity contribution >= 4 is 23.2 Å². The van der Waals surface area contributed by atoms with Crippen molar-refractivity contribution in [3.8, 4) is 0 Å². The van der Waals surface area contributed by atoms with Gasteiger partial charge in [-0.1, -0.05) is 29.3 Å². The first-order valence-electron chi connectivity index (χ1n) is 5.98. The van der Waals surface area contributed by atoms with Crippen LogP contribution in [-0.2, 0) is 6.54 Å². The third kappa shape index (κ3) is 3.59. The lowest BCUT2D eigenvalue weighted by Crippen LogP contribution is -2.21. The molecule has 1 aliphatic rings. The summed E-state index contributed by atoms with van der Waals surface area (Å²) in [6, 6.07) is 5.55. The number of rotatable bonds is 4. The molecule has 0 saturated heterocycles. The van der Waals surface area contributed by atoms with E-state index in [2.05, 4.69) is 5.32 Å². The van der Waals surface area contributed by atoms with Crippen molar-refractivity contribution in [1.82, 2.24) is 5.32 Å². The van der Waals surface area contributed by atoms with Crippen LogP contribution in [0.25, 0.3) is 0 Å². The van der Waals surface area contributed by atoms with E-state index >= 15 is 0 Å². The molecule has 2 rings (SSSR count). The van der Waals surface area contributed by atoms with Crippen molar-refractivity contribution in [1.29, 1.82) is 0 Å². The number of aliphatic hydroxyl groups excluding tert-OH is 1. The third-order valence-electron chi connectivity index (χ3n) is 3.31. The molecule has 17 heavy (non-hydrogen) atoms. The van der Waals surface area contributed by atoms with Crippen molar-refractivity contribution < 1.29 is 5.11 Å². The van der Waals surface area contributed by atoms with Crippen LogP contribution in [0.4, 0.5) is 0 Å². The van der Waals surface area contributed by atoms with Gasteiger partial charge in [-0.25, -0.2) is 0 Å². The minimum Gasteiger partial charge on any atom is -0.393 e. The molecule has 0 aromatic heterocycles. The lowest BCUT2D eigenvalue weighted by atomic mass is 10.1. The van der Waals surface area contributed by atoms with E-state index in [-0.39, 0.29) is 6.10 Å². The highest BCUT2D eigenvalue weighted by molar-refractivity contribution is 6.35. The lowest BCUT2D eigenvalue weighted by Gasteiger charge is -2.12. The molecule has 1 aromatic carbocycles. The minimum atomic E-state index is -0.106. The monoisotopic (exact) mass is 273 g/mol. The number of hydrogen-bond donors (Lipinski definition) is 2. The highest BCUT2D eigenvalue weighted by Crippen LogP contribution is 2.26. The number of nitrogens with one attached hydrogen (secondary N) is 1. The van der Waals surface area contributed by atoms with E-state index in [4.69, 9.17) is 23.2 Å². The Morgan fingerprint density at radius 2 is 1.94 bits per heavy atom. The zero-order valence-corrected chi connectivity index (χ0v) is 11.1. The van der Waals surface area contributed by atoms with Gasteiger partial charge in [-0.2, -0.15) is 0 Å². The Bertz CT molecular complexity index is 363. The Labute approximate surface area is 112 Å². The van der Waals surface area contributed by atoms with E-state index in [1.807, 2.05) is 18.2 Å². The van der Waals surface area contributed by atoms with Crippen LogP contribution in [0, 0.1) is 5.92 Å². The van der Waals surface area contributed by atoms with Gasteiger partial charge in [-0.15, -0.1) is 0 Å². The zero-order chi connectivity index (χ0) is 12.3. The van der Waals surface area contributed by atoms with E-state index in [1.165, 1.54) is 0 Å². The Morgan fingerprint density at radius 1 is 1.24 bits per heavy atom. The summed E-state index contributed by atoms with van der Waals surface area (Å²) in [5.41, 5.74) is 0.953. The largest absolute Gasteiger partial charge is 0.393 e. The maximum atomic E-state index is 9.43. The van der Waals surface area contributed by atoms with E-state index < -0.39 is 0 Å². The fourth-order valence-electron chi connectivity index (χ4n) is 2.34. The Morgan fingerprint density at radius 3 is 2.53 bits per heavy atom. The van der Waals surface area contributed by atoms with Crippen LogP contribution in [0.5, 0.6) is 0 Å². The average molecular weight is 274 g/mol. The Balaban J connectivity index is 1.82. The van der Waals surface area contributed by atoms with Gasteiger partial charge in [0.2, 0.25) is 0 Å². The van der Waals surface area contributed by atoms with Gasteiger partial charge in [0.1, 0.15) is 0 Å². The summed E-state index contributed by atoms with van der Waals surface area (Å²) in [6.45, 7) is 1.60. The van der Waals surface area contributed by atoms with E-state index in [0.29, 0.717) is 22.5 Å². The summed E-state index contributed by atoms with van der Waals surface area (Å²) in [5, 5.41) is 14.2. The molecule has 2 N–H and O–H groups in total. The topological polar surface area (TPSA) is 32.3 Å². The predicted octanol–water partition coefficient (Wildman–Crippen LogP) is 3.24. The van der Waals surface area contributed by atoms with Gasteiger partial charge in [0.15, 0.2) is 0 Å². The average Bonchev–Trinajstić information content (AvgIpc) is 2.69. The van der Waals surface area contributed by atoms with Crippen LogP contribution in [-0.4, -0.2) is 17.8 Å². The summed E-state index contributed by atoms with van der Waals surface area (Å²) < 4.78 is 0. The molecule has 94 valence electrons. The quantitative estimate of drug-likeness (QED) is 0.883. The van der Waals surface area contributed by atoms with Gasteiger partial charge in [-0.05, 0) is 43.9 Å². The maximum absolute atomic E-state index is 9.43. The van der Waals surface area contributed by atoms with Crippen molar-refractivity contribution in [2.45, 2.75) is 31.9 Å². The van der Waals surface area contributed by atoms with Gasteiger partial charge in [0.05, 0.1) is 6.10 Å². The molecule has 2 nitrogen and oxygen atoms in total. The normalized spacial score (nSPS) is 24.2. The number of halogens is 2. The molecule has 1 saturated carbocycles. The van der Waals surface area contributed by atoms with Crippen LogP contribution in [0.2, 0.25) is 10.0 Å². The molecule has 0 heterocycles. The molecule has 0 amide bonds. The first-order chi connectivity index (χ1) is 8.16. The second kappa shape index (κ2) is 6.05. The van der Waals surface area contributed by atoms with Crippen LogP contribution < -0.4 is 5.32 Å². The second-order valence-electron chi connectivity index (χ2n) is 4.66. The van der Waals surface area contributed by atoms with Crippen molar-refractivity contribution in [3.63, 3.8) is 0 Å². The zero-order valence-electron chi connectivity index (χ0n) is 9.63. The molecule has 4 heteroatoms. The van der Waals surface area contributed by atoms with Crippen molar-refractivity contribution in [2.75, 3.05) is 6.54 Å². The molecule has 0 radical (unpaired) electrons. The minimum absolute atomic E-state index is 0.106. The van der Waals surface area contributed by atoms with Crippen LogP contribution >= 0.6 is 23.2 Å². The highest BCUT2D eigenvalue weighted by Gasteiger charge is 2.22. The number of hydrogen-bond acceptors (Lipinski definition) is 2. The fraction of sp³-hybridized carbons (Fsp3) is 0.538. The van der Waals surface area contributed by atoms with Crippen LogP contribution in [0.3, 0.4) is 0 Å². The summed E-state index contributed by atoms with van der Waals surface area (Å²) in [6.07, 6.45) is 2.83. The van der Waals surface area contributed by atoms with Gasteiger partial charge in [-0.3, -0.25) is 0 Å². The van der Waals surface area contributed by atoms with Crippen LogP contribution in [0.1, 0.15) is 24.8 Å². The first kappa shape index (κ1) is 13.2. The van der Waals surface area contributed by atoms with Gasteiger partial charge in [0.25, 0.3) is 0 Å².